The molecule has 1 aliphatic heterocycles. The van der Waals surface area contributed by atoms with Gasteiger partial charge in [-0.3, -0.25) is 9.59 Å². The summed E-state index contributed by atoms with van der Waals surface area (Å²) in [5.74, 6) is -0.613. The van der Waals surface area contributed by atoms with E-state index in [0.29, 0.717) is 41.4 Å². The molecule has 5 nitrogen and oxygen atoms in total. The molecule has 1 aliphatic rings. The maximum Gasteiger partial charge on any atom is 0.282 e. The normalized spacial score (nSPS) is 13.6. The highest BCUT2D eigenvalue weighted by molar-refractivity contribution is 6.45. The van der Waals surface area contributed by atoms with Crippen LogP contribution in [0.3, 0.4) is 0 Å². The predicted octanol–water partition coefficient (Wildman–Crippen LogP) is 5.03. The standard InChI is InChI=1S/C27H25FN2O3/c1-3-17-33-23-15-9-20(10-16-23)24-25(29(2)18-19-7-5-4-6-8-19)27(32)30(26(24)31)22-13-11-21(28)12-14-22/h4-16H,3,17-18H2,1-2H3. The molecule has 6 heteroatoms. The fourth-order valence-electron chi connectivity index (χ4n) is 3.83. The first kappa shape index (κ1) is 22.3. The Balaban J connectivity index is 1.74. The Morgan fingerprint density at radius 3 is 2.18 bits per heavy atom. The number of carbonyl (C=O) groups excluding carboxylic acids is 2. The second kappa shape index (κ2) is 9.69. The third-order valence-electron chi connectivity index (χ3n) is 5.40. The molecule has 0 radical (unpaired) electrons. The lowest BCUT2D eigenvalue weighted by Gasteiger charge is -2.21. The van der Waals surface area contributed by atoms with Crippen molar-refractivity contribution in [3.8, 4) is 5.75 Å². The van der Waals surface area contributed by atoms with Crippen molar-refractivity contribution < 1.29 is 18.7 Å². The number of hydrogen-bond acceptors (Lipinski definition) is 4. The van der Waals surface area contributed by atoms with Gasteiger partial charge in [-0.25, -0.2) is 9.29 Å². The zero-order valence-corrected chi connectivity index (χ0v) is 18.6. The van der Waals surface area contributed by atoms with Crippen molar-refractivity contribution in [1.29, 1.82) is 0 Å². The molecule has 0 fully saturated rings. The van der Waals surface area contributed by atoms with E-state index >= 15 is 0 Å². The van der Waals surface area contributed by atoms with Crippen LogP contribution in [0.15, 0.2) is 84.6 Å². The Morgan fingerprint density at radius 2 is 1.55 bits per heavy atom. The number of benzene rings is 3. The molecule has 0 N–H and O–H groups in total. The van der Waals surface area contributed by atoms with E-state index in [0.717, 1.165) is 16.9 Å². The van der Waals surface area contributed by atoms with Gasteiger partial charge < -0.3 is 9.64 Å². The van der Waals surface area contributed by atoms with Crippen LogP contribution in [0.2, 0.25) is 0 Å². The summed E-state index contributed by atoms with van der Waals surface area (Å²) in [6.07, 6.45) is 0.890. The summed E-state index contributed by atoms with van der Waals surface area (Å²) in [6.45, 7) is 3.08. The number of hydrogen-bond donors (Lipinski definition) is 0. The van der Waals surface area contributed by atoms with Crippen molar-refractivity contribution in [2.45, 2.75) is 19.9 Å². The SMILES string of the molecule is CCCOc1ccc(C2=C(N(C)Cc3ccccc3)C(=O)N(c3ccc(F)cc3)C2=O)cc1. The van der Waals surface area contributed by atoms with E-state index in [1.54, 1.807) is 36.2 Å². The number of imide groups is 1. The largest absolute Gasteiger partial charge is 0.494 e. The Morgan fingerprint density at radius 1 is 0.879 bits per heavy atom. The van der Waals surface area contributed by atoms with Crippen molar-refractivity contribution in [1.82, 2.24) is 4.90 Å². The number of ether oxygens (including phenoxy) is 1. The van der Waals surface area contributed by atoms with Crippen molar-refractivity contribution >= 4 is 23.1 Å². The number of carbonyl (C=O) groups is 2. The zero-order valence-electron chi connectivity index (χ0n) is 18.6. The molecule has 0 aliphatic carbocycles. The maximum absolute atomic E-state index is 13.5. The third-order valence-corrected chi connectivity index (χ3v) is 5.40. The number of nitrogens with zero attached hydrogens (tertiary/aromatic N) is 2. The molecule has 2 amide bonds. The molecule has 0 aromatic heterocycles. The van der Waals surface area contributed by atoms with Crippen LogP contribution in [-0.4, -0.2) is 30.4 Å². The Kier molecular flexibility index (Phi) is 6.54. The second-order valence-electron chi connectivity index (χ2n) is 7.86. The molecule has 4 rings (SSSR count). The lowest BCUT2D eigenvalue weighted by atomic mass is 10.0. The fraction of sp³-hybridized carbons (Fsp3) is 0.185. The number of amides is 2. The van der Waals surface area contributed by atoms with Gasteiger partial charge in [0.15, 0.2) is 0 Å². The molecule has 0 bridgehead atoms. The van der Waals surface area contributed by atoms with Gasteiger partial charge in [0.05, 0.1) is 17.9 Å². The molecule has 1 heterocycles. The molecule has 0 saturated carbocycles. The first-order valence-corrected chi connectivity index (χ1v) is 10.9. The van der Waals surface area contributed by atoms with Gasteiger partial charge in [0, 0.05) is 13.6 Å². The van der Waals surface area contributed by atoms with E-state index in [1.165, 1.54) is 24.3 Å². The second-order valence-corrected chi connectivity index (χ2v) is 7.86. The minimum Gasteiger partial charge on any atom is -0.494 e. The lowest BCUT2D eigenvalue weighted by Crippen LogP contribution is -2.34. The summed E-state index contributed by atoms with van der Waals surface area (Å²) in [4.78, 5) is 29.9. The van der Waals surface area contributed by atoms with Gasteiger partial charge >= 0.3 is 0 Å². The van der Waals surface area contributed by atoms with E-state index in [2.05, 4.69) is 0 Å². The molecule has 3 aromatic carbocycles. The lowest BCUT2D eigenvalue weighted by molar-refractivity contribution is -0.120. The van der Waals surface area contributed by atoms with Crippen LogP contribution < -0.4 is 9.64 Å². The van der Waals surface area contributed by atoms with Crippen molar-refractivity contribution in [3.63, 3.8) is 0 Å². The van der Waals surface area contributed by atoms with Gasteiger partial charge in [-0.15, -0.1) is 0 Å². The molecule has 33 heavy (non-hydrogen) atoms. The van der Waals surface area contributed by atoms with Crippen molar-refractivity contribution in [2.24, 2.45) is 0 Å². The molecule has 0 atom stereocenters. The summed E-state index contributed by atoms with van der Waals surface area (Å²) >= 11 is 0. The van der Waals surface area contributed by atoms with E-state index in [9.17, 15) is 14.0 Å². The van der Waals surface area contributed by atoms with Crippen LogP contribution in [-0.2, 0) is 16.1 Å². The van der Waals surface area contributed by atoms with Gasteiger partial charge in [-0.05, 0) is 53.9 Å². The van der Waals surface area contributed by atoms with Gasteiger partial charge in [-0.1, -0.05) is 49.4 Å². The van der Waals surface area contributed by atoms with Gasteiger partial charge in [0.1, 0.15) is 17.3 Å². The Bertz CT molecular complexity index is 1170. The molecular weight excluding hydrogens is 419 g/mol. The van der Waals surface area contributed by atoms with Crippen LogP contribution in [0, 0.1) is 5.82 Å². The maximum atomic E-state index is 13.5. The van der Waals surface area contributed by atoms with Crippen LogP contribution in [0.25, 0.3) is 5.57 Å². The van der Waals surface area contributed by atoms with Crippen LogP contribution >= 0.6 is 0 Å². The average Bonchev–Trinajstić information content (AvgIpc) is 3.09. The van der Waals surface area contributed by atoms with E-state index in [1.807, 2.05) is 37.3 Å². The Hall–Kier alpha value is -3.93. The molecule has 0 spiro atoms. The van der Waals surface area contributed by atoms with Crippen LogP contribution in [0.4, 0.5) is 10.1 Å². The van der Waals surface area contributed by atoms with Crippen molar-refractivity contribution in [3.05, 3.63) is 102 Å². The monoisotopic (exact) mass is 444 g/mol. The minimum atomic E-state index is -0.441. The number of rotatable bonds is 8. The highest BCUT2D eigenvalue weighted by Crippen LogP contribution is 2.35. The van der Waals surface area contributed by atoms with E-state index < -0.39 is 17.6 Å². The number of anilines is 1. The van der Waals surface area contributed by atoms with Crippen molar-refractivity contribution in [2.75, 3.05) is 18.6 Å². The number of halogens is 1. The zero-order chi connectivity index (χ0) is 23.4. The third kappa shape index (κ3) is 4.65. The first-order valence-electron chi connectivity index (χ1n) is 10.9. The molecule has 0 saturated heterocycles. The Labute approximate surface area is 192 Å². The molecule has 168 valence electrons. The van der Waals surface area contributed by atoms with Gasteiger partial charge in [0.2, 0.25) is 0 Å². The van der Waals surface area contributed by atoms with Gasteiger partial charge in [0.25, 0.3) is 11.8 Å². The van der Waals surface area contributed by atoms with E-state index in [4.69, 9.17) is 4.74 Å². The summed E-state index contributed by atoms with van der Waals surface area (Å²) < 4.78 is 19.1. The quantitative estimate of drug-likeness (QED) is 0.457. The fourth-order valence-corrected chi connectivity index (χ4v) is 3.83. The topological polar surface area (TPSA) is 49.9 Å². The van der Waals surface area contributed by atoms with Gasteiger partial charge in [-0.2, -0.15) is 0 Å². The summed E-state index contributed by atoms with van der Waals surface area (Å²) in [6, 6.07) is 22.2. The first-order chi connectivity index (χ1) is 16.0. The van der Waals surface area contributed by atoms with Crippen LogP contribution in [0.5, 0.6) is 5.75 Å². The highest BCUT2D eigenvalue weighted by atomic mass is 19.1. The molecular formula is C27H25FN2O3. The van der Waals surface area contributed by atoms with E-state index in [-0.39, 0.29) is 0 Å². The minimum absolute atomic E-state index is 0.301. The average molecular weight is 445 g/mol. The molecule has 3 aromatic rings. The summed E-state index contributed by atoms with van der Waals surface area (Å²) in [5.41, 5.74) is 2.57. The molecule has 0 unspecified atom stereocenters. The highest BCUT2D eigenvalue weighted by Gasteiger charge is 2.41. The van der Waals surface area contributed by atoms with Crippen LogP contribution in [0.1, 0.15) is 24.5 Å². The summed E-state index contributed by atoms with van der Waals surface area (Å²) in [7, 11) is 1.79. The summed E-state index contributed by atoms with van der Waals surface area (Å²) in [5, 5.41) is 0. The smallest absolute Gasteiger partial charge is 0.282 e. The predicted molar refractivity (Wildman–Crippen MR) is 126 cm³/mol. The number of likely N-dealkylation sites (N-methyl/N-ethyl adjacent to an activating group) is 1.